The highest BCUT2D eigenvalue weighted by Crippen LogP contribution is 2.38. The van der Waals surface area contributed by atoms with Crippen molar-refractivity contribution in [1.82, 2.24) is 4.90 Å². The smallest absolute Gasteiger partial charge is 0.338 e. The molecule has 6 nitrogen and oxygen atoms in total. The van der Waals surface area contributed by atoms with Gasteiger partial charge in [-0.1, -0.05) is 35.3 Å². The number of likely N-dealkylation sites (N-methyl/N-ethyl adjacent to an activating group) is 1. The minimum absolute atomic E-state index is 0.196. The van der Waals surface area contributed by atoms with Gasteiger partial charge in [0.1, 0.15) is 6.61 Å². The zero-order valence-corrected chi connectivity index (χ0v) is 24.3. The number of thioether (sulfide) groups is 1. The second-order valence-corrected chi connectivity index (χ2v) is 10.9. The maximum absolute atomic E-state index is 12.8. The van der Waals surface area contributed by atoms with Crippen LogP contribution in [0.5, 0.6) is 5.75 Å². The summed E-state index contributed by atoms with van der Waals surface area (Å²) in [7, 11) is 1.66. The van der Waals surface area contributed by atoms with E-state index in [0.717, 1.165) is 9.13 Å². The van der Waals surface area contributed by atoms with Crippen molar-refractivity contribution in [2.75, 3.05) is 13.7 Å². The molecule has 0 bridgehead atoms. The lowest BCUT2D eigenvalue weighted by Gasteiger charge is -2.11. The number of esters is 1. The van der Waals surface area contributed by atoms with E-state index < -0.39 is 5.97 Å². The Hall–Kier alpha value is -2.53. The zero-order valence-electron chi connectivity index (χ0n) is 19.8. The highest BCUT2D eigenvalue weighted by Gasteiger charge is 2.30. The number of aliphatic imine (C=N–C) groups is 1. The molecule has 0 saturated carbocycles. The summed E-state index contributed by atoms with van der Waals surface area (Å²) >= 11 is 16.4. The van der Waals surface area contributed by atoms with E-state index in [1.54, 1.807) is 56.4 Å². The van der Waals surface area contributed by atoms with E-state index in [2.05, 4.69) is 27.6 Å². The molecule has 1 aliphatic heterocycles. The van der Waals surface area contributed by atoms with Crippen molar-refractivity contribution in [3.05, 3.63) is 95.9 Å². The van der Waals surface area contributed by atoms with Gasteiger partial charge in [0.05, 0.1) is 32.8 Å². The topological polar surface area (TPSA) is 68.2 Å². The van der Waals surface area contributed by atoms with Crippen LogP contribution in [0.15, 0.2) is 70.6 Å². The fourth-order valence-corrected chi connectivity index (χ4v) is 5.30. The van der Waals surface area contributed by atoms with Crippen LogP contribution >= 0.6 is 57.6 Å². The Bertz CT molecular complexity index is 1370. The first-order valence-electron chi connectivity index (χ1n) is 11.1. The lowest BCUT2D eigenvalue weighted by atomic mass is 10.2. The Kier molecular flexibility index (Phi) is 9.17. The van der Waals surface area contributed by atoms with Gasteiger partial charge in [-0.3, -0.25) is 9.69 Å². The first-order chi connectivity index (χ1) is 17.7. The van der Waals surface area contributed by atoms with Gasteiger partial charge in [-0.15, -0.1) is 0 Å². The van der Waals surface area contributed by atoms with Crippen LogP contribution in [0.4, 0.5) is 5.69 Å². The van der Waals surface area contributed by atoms with Gasteiger partial charge in [-0.05, 0) is 107 Å². The second-order valence-electron chi connectivity index (χ2n) is 7.87. The molecule has 1 heterocycles. The van der Waals surface area contributed by atoms with Crippen LogP contribution in [0.25, 0.3) is 6.08 Å². The Labute approximate surface area is 242 Å². The lowest BCUT2D eigenvalue weighted by Crippen LogP contribution is -2.23. The summed E-state index contributed by atoms with van der Waals surface area (Å²) in [6.07, 6.45) is 1.72. The summed E-state index contributed by atoms with van der Waals surface area (Å²) in [5, 5.41) is 1.21. The Morgan fingerprint density at radius 1 is 1.08 bits per heavy atom. The van der Waals surface area contributed by atoms with E-state index in [9.17, 15) is 9.59 Å². The zero-order chi connectivity index (χ0) is 26.5. The third kappa shape index (κ3) is 6.87. The number of amides is 1. The molecule has 1 saturated heterocycles. The highest BCUT2D eigenvalue weighted by atomic mass is 127. The molecule has 1 amide bonds. The molecule has 1 fully saturated rings. The minimum Gasteiger partial charge on any atom is -0.486 e. The fraction of sp³-hybridized carbons (Fsp3) is 0.148. The molecule has 0 aliphatic carbocycles. The van der Waals surface area contributed by atoms with Gasteiger partial charge in [0.25, 0.3) is 5.91 Å². The number of carbonyl (C=O) groups is 2. The summed E-state index contributed by atoms with van der Waals surface area (Å²) in [5.41, 5.74) is 2.71. The SMILES string of the molecule is CCOC(=O)c1ccc(N=C2SC(=Cc3cc(Cl)c(OCc4ccc(I)cc4)c(Cl)c3)C(=O)N2C)cc1. The van der Waals surface area contributed by atoms with Crippen molar-refractivity contribution in [3.63, 3.8) is 0 Å². The molecular weight excluding hydrogens is 646 g/mol. The Balaban J connectivity index is 1.49. The molecule has 4 rings (SSSR count). The van der Waals surface area contributed by atoms with Gasteiger partial charge in [-0.25, -0.2) is 9.79 Å². The van der Waals surface area contributed by atoms with Gasteiger partial charge < -0.3 is 9.47 Å². The van der Waals surface area contributed by atoms with E-state index in [-0.39, 0.29) is 5.91 Å². The molecule has 0 unspecified atom stereocenters. The van der Waals surface area contributed by atoms with Crippen molar-refractivity contribution in [3.8, 4) is 5.75 Å². The molecule has 1 aliphatic rings. The van der Waals surface area contributed by atoms with Gasteiger partial charge in [0.2, 0.25) is 0 Å². The molecule has 0 spiro atoms. The van der Waals surface area contributed by atoms with Crippen molar-refractivity contribution in [1.29, 1.82) is 0 Å². The molecule has 190 valence electrons. The van der Waals surface area contributed by atoms with E-state index in [4.69, 9.17) is 32.7 Å². The third-order valence-electron chi connectivity index (χ3n) is 5.22. The minimum atomic E-state index is -0.391. The first-order valence-corrected chi connectivity index (χ1v) is 13.8. The van der Waals surface area contributed by atoms with Crippen LogP contribution in [-0.2, 0) is 16.1 Å². The molecule has 0 aromatic heterocycles. The normalized spacial score (nSPS) is 15.5. The van der Waals surface area contributed by atoms with Gasteiger partial charge in [-0.2, -0.15) is 0 Å². The van der Waals surface area contributed by atoms with Crippen molar-refractivity contribution >= 4 is 86.4 Å². The molecule has 0 radical (unpaired) electrons. The Morgan fingerprint density at radius 2 is 1.73 bits per heavy atom. The Morgan fingerprint density at radius 3 is 2.35 bits per heavy atom. The van der Waals surface area contributed by atoms with Crippen LogP contribution < -0.4 is 4.74 Å². The molecule has 0 N–H and O–H groups in total. The average molecular weight is 667 g/mol. The number of benzene rings is 3. The number of halogens is 3. The van der Waals surface area contributed by atoms with E-state index in [1.807, 2.05) is 24.3 Å². The van der Waals surface area contributed by atoms with Crippen LogP contribution in [0.3, 0.4) is 0 Å². The summed E-state index contributed by atoms with van der Waals surface area (Å²) in [5.74, 6) is -0.198. The van der Waals surface area contributed by atoms with Gasteiger partial charge >= 0.3 is 5.97 Å². The highest BCUT2D eigenvalue weighted by molar-refractivity contribution is 14.1. The summed E-state index contributed by atoms with van der Waals surface area (Å²) in [4.78, 5) is 31.2. The van der Waals surface area contributed by atoms with Crippen LogP contribution in [0, 0.1) is 3.57 Å². The van der Waals surface area contributed by atoms with E-state index in [0.29, 0.717) is 55.9 Å². The number of hydrogen-bond acceptors (Lipinski definition) is 6. The molecular formula is C27H21Cl2IN2O4S. The van der Waals surface area contributed by atoms with E-state index >= 15 is 0 Å². The van der Waals surface area contributed by atoms with Crippen molar-refractivity contribution < 1.29 is 19.1 Å². The standard InChI is InChI=1S/C27H21Cl2IN2O4S/c1-3-35-26(34)18-6-10-20(11-7-18)31-27-32(2)25(33)23(37-27)14-17-12-21(28)24(22(29)13-17)36-15-16-4-8-19(30)9-5-16/h4-14H,3,15H2,1-2H3. The van der Waals surface area contributed by atoms with Crippen LogP contribution in [-0.4, -0.2) is 35.6 Å². The fourth-order valence-electron chi connectivity index (χ4n) is 3.34. The maximum atomic E-state index is 12.8. The quantitative estimate of drug-likeness (QED) is 0.148. The maximum Gasteiger partial charge on any atom is 0.338 e. The molecule has 0 atom stereocenters. The number of hydrogen-bond donors (Lipinski definition) is 0. The lowest BCUT2D eigenvalue weighted by molar-refractivity contribution is -0.121. The summed E-state index contributed by atoms with van der Waals surface area (Å²) in [6.45, 7) is 2.39. The van der Waals surface area contributed by atoms with Crippen molar-refractivity contribution in [2.24, 2.45) is 4.99 Å². The van der Waals surface area contributed by atoms with Gasteiger partial charge in [0.15, 0.2) is 10.9 Å². The molecule has 3 aromatic carbocycles. The van der Waals surface area contributed by atoms with Crippen LogP contribution in [0.2, 0.25) is 10.0 Å². The molecule has 3 aromatic rings. The summed E-state index contributed by atoms with van der Waals surface area (Å²) in [6, 6.07) is 18.1. The third-order valence-corrected chi connectivity index (χ3v) is 7.56. The monoisotopic (exact) mass is 666 g/mol. The first kappa shape index (κ1) is 27.5. The summed E-state index contributed by atoms with van der Waals surface area (Å²) < 4.78 is 12.0. The van der Waals surface area contributed by atoms with Gasteiger partial charge in [0, 0.05) is 10.6 Å². The molecule has 10 heteroatoms. The number of rotatable bonds is 7. The number of ether oxygens (including phenoxy) is 2. The van der Waals surface area contributed by atoms with E-state index in [1.165, 1.54) is 16.7 Å². The number of carbonyl (C=O) groups excluding carboxylic acids is 2. The predicted molar refractivity (Wildman–Crippen MR) is 158 cm³/mol. The average Bonchev–Trinajstić information content (AvgIpc) is 3.12. The number of nitrogens with zero attached hydrogens (tertiary/aromatic N) is 2. The number of amidine groups is 1. The van der Waals surface area contributed by atoms with Crippen LogP contribution in [0.1, 0.15) is 28.4 Å². The molecule has 37 heavy (non-hydrogen) atoms. The second kappa shape index (κ2) is 12.3. The largest absolute Gasteiger partial charge is 0.486 e. The predicted octanol–water partition coefficient (Wildman–Crippen LogP) is 7.59. The van der Waals surface area contributed by atoms with Crippen molar-refractivity contribution in [2.45, 2.75) is 13.5 Å².